The molecule has 0 saturated carbocycles. The predicted octanol–water partition coefficient (Wildman–Crippen LogP) is 4.02. The molecule has 0 aliphatic carbocycles. The summed E-state index contributed by atoms with van der Waals surface area (Å²) in [5, 5.41) is 2.89. The van der Waals surface area contributed by atoms with Crippen molar-refractivity contribution in [1.82, 2.24) is 0 Å². The third kappa shape index (κ3) is 2.44. The normalized spacial score (nSPS) is 9.07. The van der Waals surface area contributed by atoms with Gasteiger partial charge < -0.3 is 0 Å². The molecule has 0 N–H and O–H groups in total. The van der Waals surface area contributed by atoms with E-state index in [9.17, 15) is 9.70 Å². The van der Waals surface area contributed by atoms with E-state index in [0.29, 0.717) is 0 Å². The molecule has 0 aromatic heterocycles. The van der Waals surface area contributed by atoms with E-state index in [0.717, 1.165) is 0 Å². The van der Waals surface area contributed by atoms with E-state index in [1.165, 1.54) is 19.1 Å². The molecule has 0 spiro atoms. The SMILES string of the molecule is CC(=O)c1ccc(Cl)c(Cl)c1N=O.Cl. The van der Waals surface area contributed by atoms with Gasteiger partial charge in [0.15, 0.2) is 5.78 Å². The van der Waals surface area contributed by atoms with E-state index < -0.39 is 0 Å². The fourth-order valence-electron chi connectivity index (χ4n) is 0.913. The lowest BCUT2D eigenvalue weighted by atomic mass is 10.1. The molecule has 3 nitrogen and oxygen atoms in total. The maximum atomic E-state index is 11.0. The molecule has 0 radical (unpaired) electrons. The second-order valence-corrected chi connectivity index (χ2v) is 3.19. The van der Waals surface area contributed by atoms with Gasteiger partial charge in [0, 0.05) is 5.56 Å². The number of hydrogen-bond donors (Lipinski definition) is 0. The third-order valence-electron chi connectivity index (χ3n) is 1.54. The molecule has 76 valence electrons. The van der Waals surface area contributed by atoms with E-state index in [2.05, 4.69) is 5.18 Å². The van der Waals surface area contributed by atoms with Crippen molar-refractivity contribution in [3.63, 3.8) is 0 Å². The molecular formula is C8H6Cl3NO2. The van der Waals surface area contributed by atoms with Gasteiger partial charge in [-0.2, -0.15) is 0 Å². The van der Waals surface area contributed by atoms with Gasteiger partial charge in [0.2, 0.25) is 0 Å². The molecule has 6 heteroatoms. The molecule has 0 fully saturated rings. The number of Topliss-reactive ketones (excluding diaryl/α,β-unsaturated/α-hetero) is 1. The zero-order chi connectivity index (χ0) is 10.0. The fourth-order valence-corrected chi connectivity index (χ4v) is 1.27. The van der Waals surface area contributed by atoms with Crippen molar-refractivity contribution in [2.24, 2.45) is 5.18 Å². The summed E-state index contributed by atoms with van der Waals surface area (Å²) in [4.78, 5) is 21.3. The molecule has 1 rings (SSSR count). The second kappa shape index (κ2) is 5.29. The molecule has 0 heterocycles. The summed E-state index contributed by atoms with van der Waals surface area (Å²) in [6.45, 7) is 1.33. The van der Waals surface area contributed by atoms with Crippen LogP contribution in [0.1, 0.15) is 17.3 Å². The van der Waals surface area contributed by atoms with Crippen LogP contribution in [0, 0.1) is 4.91 Å². The summed E-state index contributed by atoms with van der Waals surface area (Å²) < 4.78 is 0. The van der Waals surface area contributed by atoms with Gasteiger partial charge in [0.1, 0.15) is 5.69 Å². The average Bonchev–Trinajstić information content (AvgIpc) is 2.09. The minimum atomic E-state index is -0.270. The van der Waals surface area contributed by atoms with Crippen molar-refractivity contribution >= 4 is 47.1 Å². The minimum Gasteiger partial charge on any atom is -0.294 e. The smallest absolute Gasteiger partial charge is 0.162 e. The number of ketones is 1. The maximum Gasteiger partial charge on any atom is 0.162 e. The first-order valence-electron chi connectivity index (χ1n) is 3.40. The van der Waals surface area contributed by atoms with Gasteiger partial charge in [0.05, 0.1) is 10.0 Å². The molecule has 0 saturated heterocycles. The molecule has 0 bridgehead atoms. The lowest BCUT2D eigenvalue weighted by molar-refractivity contribution is 0.101. The van der Waals surface area contributed by atoms with Crippen LogP contribution in [0.15, 0.2) is 17.3 Å². The Hall–Kier alpha value is -0.640. The summed E-state index contributed by atoms with van der Waals surface area (Å²) in [7, 11) is 0. The molecule has 14 heavy (non-hydrogen) atoms. The Kier molecular flexibility index (Phi) is 5.05. The quantitative estimate of drug-likeness (QED) is 0.591. The van der Waals surface area contributed by atoms with Gasteiger partial charge in [-0.05, 0) is 24.2 Å². The Morgan fingerprint density at radius 1 is 1.36 bits per heavy atom. The monoisotopic (exact) mass is 253 g/mol. The fraction of sp³-hybridized carbons (Fsp3) is 0.125. The van der Waals surface area contributed by atoms with Crippen LogP contribution in [-0.4, -0.2) is 5.78 Å². The standard InChI is InChI=1S/C8H5Cl2NO2.ClH/c1-4(12)5-2-3-6(9)7(10)8(5)11-13;/h2-3H,1H3;1H. The minimum absolute atomic E-state index is 0. The van der Waals surface area contributed by atoms with Crippen molar-refractivity contribution in [3.8, 4) is 0 Å². The molecule has 1 aromatic rings. The largest absolute Gasteiger partial charge is 0.294 e. The Labute approximate surface area is 96.8 Å². The van der Waals surface area contributed by atoms with Crippen LogP contribution in [0.5, 0.6) is 0 Å². The average molecular weight is 254 g/mol. The number of nitroso groups, excluding NO2 is 1. The van der Waals surface area contributed by atoms with Crippen LogP contribution in [0.4, 0.5) is 5.69 Å². The van der Waals surface area contributed by atoms with Crippen molar-refractivity contribution < 1.29 is 4.79 Å². The highest BCUT2D eigenvalue weighted by Crippen LogP contribution is 2.35. The highest BCUT2D eigenvalue weighted by molar-refractivity contribution is 6.44. The molecule has 0 amide bonds. The number of carbonyl (C=O) groups is 1. The van der Waals surface area contributed by atoms with Crippen LogP contribution in [0.3, 0.4) is 0 Å². The molecule has 1 aromatic carbocycles. The summed E-state index contributed by atoms with van der Waals surface area (Å²) in [5.74, 6) is -0.270. The number of rotatable bonds is 2. The van der Waals surface area contributed by atoms with Gasteiger partial charge in [0.25, 0.3) is 0 Å². The topological polar surface area (TPSA) is 46.5 Å². The summed E-state index contributed by atoms with van der Waals surface area (Å²) >= 11 is 11.3. The third-order valence-corrected chi connectivity index (χ3v) is 2.33. The van der Waals surface area contributed by atoms with Gasteiger partial charge in [-0.3, -0.25) is 4.79 Å². The lowest BCUT2D eigenvalue weighted by Crippen LogP contribution is -1.92. The van der Waals surface area contributed by atoms with Crippen LogP contribution in [0.25, 0.3) is 0 Å². The van der Waals surface area contributed by atoms with Crippen LogP contribution < -0.4 is 0 Å². The van der Waals surface area contributed by atoms with E-state index in [1.54, 1.807) is 0 Å². The lowest BCUT2D eigenvalue weighted by Gasteiger charge is -2.02. The van der Waals surface area contributed by atoms with Crippen LogP contribution in [-0.2, 0) is 0 Å². The van der Waals surface area contributed by atoms with Crippen molar-refractivity contribution in [2.75, 3.05) is 0 Å². The number of nitrogens with zero attached hydrogens (tertiary/aromatic N) is 1. The van der Waals surface area contributed by atoms with Crippen molar-refractivity contribution in [1.29, 1.82) is 0 Å². The van der Waals surface area contributed by atoms with E-state index in [-0.39, 0.29) is 39.5 Å². The summed E-state index contributed by atoms with van der Waals surface area (Å²) in [5.41, 5.74) is 0.0890. The van der Waals surface area contributed by atoms with Gasteiger partial charge in [-0.1, -0.05) is 23.2 Å². The number of halogens is 3. The first-order valence-corrected chi connectivity index (χ1v) is 4.15. The molecule has 0 unspecified atom stereocenters. The van der Waals surface area contributed by atoms with Crippen LogP contribution >= 0.6 is 35.6 Å². The van der Waals surface area contributed by atoms with E-state index in [4.69, 9.17) is 23.2 Å². The number of hydrogen-bond acceptors (Lipinski definition) is 3. The molecule has 0 atom stereocenters. The summed E-state index contributed by atoms with van der Waals surface area (Å²) in [6, 6.07) is 2.88. The first kappa shape index (κ1) is 13.4. The highest BCUT2D eigenvalue weighted by Gasteiger charge is 2.14. The van der Waals surface area contributed by atoms with Crippen LogP contribution in [0.2, 0.25) is 10.0 Å². The highest BCUT2D eigenvalue weighted by atomic mass is 35.5. The van der Waals surface area contributed by atoms with Gasteiger partial charge in [-0.15, -0.1) is 17.3 Å². The Bertz CT molecular complexity index is 379. The number of benzene rings is 1. The van der Waals surface area contributed by atoms with E-state index in [1.807, 2.05) is 0 Å². The predicted molar refractivity (Wildman–Crippen MR) is 59.2 cm³/mol. The Morgan fingerprint density at radius 2 is 1.93 bits per heavy atom. The van der Waals surface area contributed by atoms with E-state index >= 15 is 0 Å². The second-order valence-electron chi connectivity index (χ2n) is 2.41. The van der Waals surface area contributed by atoms with Gasteiger partial charge >= 0.3 is 0 Å². The Morgan fingerprint density at radius 3 is 2.36 bits per heavy atom. The van der Waals surface area contributed by atoms with Gasteiger partial charge in [-0.25, -0.2) is 0 Å². The molecule has 0 aliphatic heterocycles. The molecular weight excluding hydrogens is 248 g/mol. The first-order chi connectivity index (χ1) is 6.07. The number of carbonyl (C=O) groups excluding carboxylic acids is 1. The Balaban J connectivity index is 0.00000169. The zero-order valence-corrected chi connectivity index (χ0v) is 9.41. The maximum absolute atomic E-state index is 11.0. The summed E-state index contributed by atoms with van der Waals surface area (Å²) in [6.07, 6.45) is 0. The zero-order valence-electron chi connectivity index (χ0n) is 7.08. The molecule has 0 aliphatic rings. The van der Waals surface area contributed by atoms with Crippen molar-refractivity contribution in [3.05, 3.63) is 32.6 Å². The van der Waals surface area contributed by atoms with Crippen molar-refractivity contribution in [2.45, 2.75) is 6.92 Å².